The van der Waals surface area contributed by atoms with Gasteiger partial charge < -0.3 is 15.4 Å². The summed E-state index contributed by atoms with van der Waals surface area (Å²) in [6.07, 6.45) is 8.38. The molecular weight excluding hydrogens is 410 g/mol. The van der Waals surface area contributed by atoms with Crippen LogP contribution in [0.15, 0.2) is 54.6 Å². The molecule has 0 saturated heterocycles. The van der Waals surface area contributed by atoms with Gasteiger partial charge in [0.2, 0.25) is 11.8 Å². The molecule has 7 heteroatoms. The Hall–Kier alpha value is -3.19. The van der Waals surface area contributed by atoms with Crippen molar-refractivity contribution in [2.45, 2.75) is 32.1 Å². The zero-order valence-electron chi connectivity index (χ0n) is 17.5. The van der Waals surface area contributed by atoms with Crippen LogP contribution >= 0.6 is 12.2 Å². The Balaban J connectivity index is 1.53. The smallest absolute Gasteiger partial charge is 0.250 e. The van der Waals surface area contributed by atoms with E-state index in [1.165, 1.54) is 12.5 Å². The van der Waals surface area contributed by atoms with E-state index in [1.807, 2.05) is 42.5 Å². The Kier molecular flexibility index (Phi) is 8.18. The summed E-state index contributed by atoms with van der Waals surface area (Å²) >= 11 is 5.24. The zero-order valence-corrected chi connectivity index (χ0v) is 18.3. The van der Waals surface area contributed by atoms with Gasteiger partial charge in [0.05, 0.1) is 7.11 Å². The molecule has 0 heterocycles. The fourth-order valence-electron chi connectivity index (χ4n) is 3.57. The van der Waals surface area contributed by atoms with Gasteiger partial charge in [0.1, 0.15) is 5.75 Å². The Morgan fingerprint density at radius 3 is 2.45 bits per heavy atom. The van der Waals surface area contributed by atoms with Gasteiger partial charge in [0.25, 0.3) is 0 Å². The molecule has 1 aliphatic rings. The number of hydrogen-bond donors (Lipinski definition) is 3. The van der Waals surface area contributed by atoms with E-state index in [1.54, 1.807) is 19.3 Å². The molecule has 31 heavy (non-hydrogen) atoms. The minimum Gasteiger partial charge on any atom is -0.496 e. The molecule has 2 amide bonds. The second-order valence-electron chi connectivity index (χ2n) is 7.42. The highest BCUT2D eigenvalue weighted by Gasteiger charge is 2.21. The van der Waals surface area contributed by atoms with Crippen LogP contribution in [0.3, 0.4) is 0 Å². The Morgan fingerprint density at radius 2 is 1.71 bits per heavy atom. The Morgan fingerprint density at radius 1 is 1.00 bits per heavy atom. The highest BCUT2D eigenvalue weighted by Crippen LogP contribution is 2.25. The number of anilines is 2. The molecule has 0 aromatic heterocycles. The van der Waals surface area contributed by atoms with Crippen molar-refractivity contribution in [3.8, 4) is 5.75 Å². The van der Waals surface area contributed by atoms with E-state index < -0.39 is 0 Å². The number of rotatable bonds is 6. The van der Waals surface area contributed by atoms with Crippen molar-refractivity contribution in [1.82, 2.24) is 5.32 Å². The van der Waals surface area contributed by atoms with Crippen LogP contribution in [0.2, 0.25) is 0 Å². The van der Waals surface area contributed by atoms with Gasteiger partial charge in [-0.1, -0.05) is 43.5 Å². The Labute approximate surface area is 188 Å². The molecule has 2 aromatic rings. The predicted octanol–water partition coefficient (Wildman–Crippen LogP) is 4.74. The summed E-state index contributed by atoms with van der Waals surface area (Å²) in [6.45, 7) is 0. The maximum atomic E-state index is 12.5. The molecule has 0 aliphatic heterocycles. The van der Waals surface area contributed by atoms with Crippen LogP contribution in [0, 0.1) is 5.92 Å². The summed E-state index contributed by atoms with van der Waals surface area (Å²) in [5, 5.41) is 8.75. The molecule has 2 aromatic carbocycles. The first-order valence-corrected chi connectivity index (χ1v) is 10.8. The van der Waals surface area contributed by atoms with Crippen molar-refractivity contribution >= 4 is 46.6 Å². The first-order chi connectivity index (χ1) is 15.0. The van der Waals surface area contributed by atoms with Crippen LogP contribution in [0.5, 0.6) is 5.75 Å². The third kappa shape index (κ3) is 6.93. The van der Waals surface area contributed by atoms with Gasteiger partial charge in [-0.3, -0.25) is 14.9 Å². The second-order valence-corrected chi connectivity index (χ2v) is 7.83. The van der Waals surface area contributed by atoms with Crippen LogP contribution in [-0.4, -0.2) is 24.0 Å². The summed E-state index contributed by atoms with van der Waals surface area (Å²) < 4.78 is 5.26. The molecule has 1 fully saturated rings. The van der Waals surface area contributed by atoms with Gasteiger partial charge in [0, 0.05) is 28.9 Å². The molecule has 1 saturated carbocycles. The summed E-state index contributed by atoms with van der Waals surface area (Å²) in [4.78, 5) is 24.6. The lowest BCUT2D eigenvalue weighted by Gasteiger charge is -2.21. The van der Waals surface area contributed by atoms with E-state index in [2.05, 4.69) is 16.0 Å². The second kappa shape index (κ2) is 11.3. The third-order valence-corrected chi connectivity index (χ3v) is 5.36. The molecule has 0 bridgehead atoms. The lowest BCUT2D eigenvalue weighted by Crippen LogP contribution is -2.32. The van der Waals surface area contributed by atoms with Gasteiger partial charge in [-0.05, 0) is 55.4 Å². The fraction of sp³-hybridized carbons (Fsp3) is 0.292. The minimum atomic E-state index is -0.356. The first kappa shape index (κ1) is 22.5. The van der Waals surface area contributed by atoms with E-state index in [9.17, 15) is 9.59 Å². The largest absolute Gasteiger partial charge is 0.496 e. The van der Waals surface area contributed by atoms with Gasteiger partial charge >= 0.3 is 0 Å². The van der Waals surface area contributed by atoms with Crippen LogP contribution in [0.4, 0.5) is 11.4 Å². The number of methoxy groups -OCH3 is 1. The maximum absolute atomic E-state index is 12.5. The number of carbonyl (C=O) groups is 2. The normalized spacial score (nSPS) is 14.1. The van der Waals surface area contributed by atoms with Gasteiger partial charge in [0.15, 0.2) is 5.11 Å². The first-order valence-electron chi connectivity index (χ1n) is 10.4. The van der Waals surface area contributed by atoms with E-state index in [0.29, 0.717) is 17.1 Å². The molecule has 0 atom stereocenters. The number of benzene rings is 2. The standard InChI is InChI=1S/C24H27N3O3S/c1-30-21-13-6-5-8-17(21)14-15-22(28)27-24(31)26-20-12-7-11-19(16-20)25-23(29)18-9-3-2-4-10-18/h5-8,11-16,18H,2-4,9-10H2,1H3,(H,25,29)(H2,26,27,28,31)/b15-14+. The van der Waals surface area contributed by atoms with Crippen molar-refractivity contribution in [1.29, 1.82) is 0 Å². The molecule has 1 aliphatic carbocycles. The van der Waals surface area contributed by atoms with E-state index in [0.717, 1.165) is 31.2 Å². The molecule has 162 valence electrons. The lowest BCUT2D eigenvalue weighted by atomic mass is 9.88. The molecule has 0 unspecified atom stereocenters. The van der Waals surface area contributed by atoms with Crippen molar-refractivity contribution in [3.63, 3.8) is 0 Å². The van der Waals surface area contributed by atoms with Crippen molar-refractivity contribution in [2.75, 3.05) is 17.7 Å². The molecule has 0 radical (unpaired) electrons. The van der Waals surface area contributed by atoms with Gasteiger partial charge in [-0.25, -0.2) is 0 Å². The van der Waals surface area contributed by atoms with Crippen molar-refractivity contribution < 1.29 is 14.3 Å². The van der Waals surface area contributed by atoms with Crippen LogP contribution in [0.25, 0.3) is 6.08 Å². The van der Waals surface area contributed by atoms with Gasteiger partial charge in [-0.15, -0.1) is 0 Å². The maximum Gasteiger partial charge on any atom is 0.250 e. The average Bonchev–Trinajstić information content (AvgIpc) is 2.78. The SMILES string of the molecule is COc1ccccc1/C=C/C(=O)NC(=S)Nc1cccc(NC(=O)C2CCCCC2)c1. The number of ether oxygens (including phenoxy) is 1. The third-order valence-electron chi connectivity index (χ3n) is 5.15. The predicted molar refractivity (Wildman–Crippen MR) is 128 cm³/mol. The molecule has 0 spiro atoms. The fourth-order valence-corrected chi connectivity index (χ4v) is 3.79. The molecule has 3 N–H and O–H groups in total. The Bertz CT molecular complexity index is 968. The monoisotopic (exact) mass is 437 g/mol. The van der Waals surface area contributed by atoms with E-state index in [-0.39, 0.29) is 22.8 Å². The van der Waals surface area contributed by atoms with Crippen molar-refractivity contribution in [2.24, 2.45) is 5.92 Å². The highest BCUT2D eigenvalue weighted by atomic mass is 32.1. The molecule has 6 nitrogen and oxygen atoms in total. The topological polar surface area (TPSA) is 79.5 Å². The number of carbonyl (C=O) groups excluding carboxylic acids is 2. The summed E-state index contributed by atoms with van der Waals surface area (Å²) in [5.41, 5.74) is 2.17. The highest BCUT2D eigenvalue weighted by molar-refractivity contribution is 7.80. The van der Waals surface area contributed by atoms with Crippen molar-refractivity contribution in [3.05, 3.63) is 60.2 Å². The summed E-state index contributed by atoms with van der Waals surface area (Å²) in [7, 11) is 1.58. The number of amides is 2. The molecule has 3 rings (SSSR count). The van der Waals surface area contributed by atoms with Gasteiger partial charge in [-0.2, -0.15) is 0 Å². The van der Waals surface area contributed by atoms with E-state index >= 15 is 0 Å². The van der Waals surface area contributed by atoms with Crippen LogP contribution < -0.4 is 20.7 Å². The van der Waals surface area contributed by atoms with E-state index in [4.69, 9.17) is 17.0 Å². The number of para-hydroxylation sites is 1. The molecular formula is C24H27N3O3S. The van der Waals surface area contributed by atoms with Crippen LogP contribution in [-0.2, 0) is 9.59 Å². The quantitative estimate of drug-likeness (QED) is 0.449. The minimum absolute atomic E-state index is 0.0641. The number of hydrogen-bond acceptors (Lipinski definition) is 4. The summed E-state index contributed by atoms with van der Waals surface area (Å²) in [6, 6.07) is 14.7. The average molecular weight is 438 g/mol. The van der Waals surface area contributed by atoms with Crippen LogP contribution in [0.1, 0.15) is 37.7 Å². The number of thiocarbonyl (C=S) groups is 1. The number of nitrogens with one attached hydrogen (secondary N) is 3. The zero-order chi connectivity index (χ0) is 22.1. The lowest BCUT2D eigenvalue weighted by molar-refractivity contribution is -0.120. The summed E-state index contributed by atoms with van der Waals surface area (Å²) in [5.74, 6) is 0.472.